The smallest absolute Gasteiger partial charge is 0.220 e. The van der Waals surface area contributed by atoms with Gasteiger partial charge in [0.15, 0.2) is 0 Å². The number of amides is 1. The number of hydrogen-bond donors (Lipinski definition) is 1. The second-order valence-electron chi connectivity index (χ2n) is 5.46. The summed E-state index contributed by atoms with van der Waals surface area (Å²) in [4.78, 5) is 12.8. The Morgan fingerprint density at radius 3 is 2.73 bits per heavy atom. The van der Waals surface area contributed by atoms with Crippen molar-refractivity contribution in [1.29, 1.82) is 0 Å². The number of halogens is 1. The first-order valence-corrected chi connectivity index (χ1v) is 8.44. The van der Waals surface area contributed by atoms with E-state index < -0.39 is 0 Å². The van der Waals surface area contributed by atoms with Crippen molar-refractivity contribution in [3.8, 4) is 0 Å². The van der Waals surface area contributed by atoms with Crippen molar-refractivity contribution >= 4 is 17.7 Å². The minimum Gasteiger partial charge on any atom is -0.355 e. The van der Waals surface area contributed by atoms with Gasteiger partial charge in [0.05, 0.1) is 0 Å². The Balaban J connectivity index is 1.36. The van der Waals surface area contributed by atoms with Crippen molar-refractivity contribution in [1.82, 2.24) is 5.32 Å². The van der Waals surface area contributed by atoms with E-state index in [2.05, 4.69) is 23.5 Å². The first kappa shape index (κ1) is 15.1. The molecule has 0 fully saturated rings. The van der Waals surface area contributed by atoms with Crippen LogP contribution in [0.4, 0.5) is 4.39 Å². The molecule has 0 aliphatic heterocycles. The summed E-state index contributed by atoms with van der Waals surface area (Å²) in [6.07, 6.45) is 1.54. The molecule has 1 N–H and O–H groups in total. The lowest BCUT2D eigenvalue weighted by Crippen LogP contribution is -2.33. The maximum Gasteiger partial charge on any atom is 0.220 e. The normalized spacial score (nSPS) is 15.8. The Bertz CT molecular complexity index is 656. The van der Waals surface area contributed by atoms with E-state index in [1.807, 2.05) is 6.07 Å². The molecule has 4 heteroatoms. The van der Waals surface area contributed by atoms with Crippen molar-refractivity contribution < 1.29 is 9.18 Å². The zero-order valence-electron chi connectivity index (χ0n) is 12.2. The fourth-order valence-corrected chi connectivity index (χ4v) is 3.51. The van der Waals surface area contributed by atoms with Crippen LogP contribution < -0.4 is 5.32 Å². The highest BCUT2D eigenvalue weighted by Gasteiger charge is 2.25. The molecule has 2 aromatic carbocycles. The summed E-state index contributed by atoms with van der Waals surface area (Å²) in [6, 6.07) is 14.7. The van der Waals surface area contributed by atoms with E-state index in [1.54, 1.807) is 23.9 Å². The molecule has 3 rings (SSSR count). The Morgan fingerprint density at radius 2 is 1.95 bits per heavy atom. The molecular weight excluding hydrogens is 297 g/mol. The summed E-state index contributed by atoms with van der Waals surface area (Å²) in [5, 5.41) is 3.01. The number of hydrogen-bond acceptors (Lipinski definition) is 2. The van der Waals surface area contributed by atoms with Gasteiger partial charge in [0.25, 0.3) is 0 Å². The molecule has 1 atom stereocenters. The average Bonchev–Trinajstić information content (AvgIpc) is 2.50. The van der Waals surface area contributed by atoms with E-state index >= 15 is 0 Å². The van der Waals surface area contributed by atoms with Gasteiger partial charge in [-0.3, -0.25) is 4.79 Å². The molecule has 0 spiro atoms. The topological polar surface area (TPSA) is 29.1 Å². The van der Waals surface area contributed by atoms with Gasteiger partial charge in [-0.25, -0.2) is 4.39 Å². The molecule has 0 bridgehead atoms. The number of benzene rings is 2. The highest BCUT2D eigenvalue weighted by Crippen LogP contribution is 2.33. The van der Waals surface area contributed by atoms with E-state index in [9.17, 15) is 9.18 Å². The molecule has 0 aromatic heterocycles. The molecule has 2 aromatic rings. The maximum atomic E-state index is 12.8. The molecule has 22 heavy (non-hydrogen) atoms. The minimum absolute atomic E-state index is 0.0824. The van der Waals surface area contributed by atoms with Crippen LogP contribution in [0.3, 0.4) is 0 Å². The number of carbonyl (C=O) groups is 1. The van der Waals surface area contributed by atoms with Crippen LogP contribution in [-0.2, 0) is 11.2 Å². The van der Waals surface area contributed by atoms with E-state index in [0.717, 1.165) is 17.9 Å². The number of rotatable bonds is 6. The highest BCUT2D eigenvalue weighted by molar-refractivity contribution is 7.99. The quantitative estimate of drug-likeness (QED) is 0.822. The average molecular weight is 315 g/mol. The molecule has 0 radical (unpaired) electrons. The van der Waals surface area contributed by atoms with Crippen LogP contribution in [-0.4, -0.2) is 18.2 Å². The predicted octanol–water partition coefficient (Wildman–Crippen LogP) is 3.76. The van der Waals surface area contributed by atoms with E-state index in [0.29, 0.717) is 18.1 Å². The lowest BCUT2D eigenvalue weighted by Gasteiger charge is -2.30. The fourth-order valence-electron chi connectivity index (χ4n) is 2.66. The zero-order valence-corrected chi connectivity index (χ0v) is 13.0. The fraction of sp³-hybridized carbons (Fsp3) is 0.278. The van der Waals surface area contributed by atoms with E-state index in [-0.39, 0.29) is 11.7 Å². The SMILES string of the molecule is O=C(CCSc1ccc(F)cc1)NCC1Cc2ccccc21. The van der Waals surface area contributed by atoms with Crippen molar-refractivity contribution in [2.24, 2.45) is 0 Å². The molecule has 2 nitrogen and oxygen atoms in total. The molecule has 1 amide bonds. The van der Waals surface area contributed by atoms with Gasteiger partial charge >= 0.3 is 0 Å². The summed E-state index contributed by atoms with van der Waals surface area (Å²) in [7, 11) is 0. The van der Waals surface area contributed by atoms with Crippen LogP contribution >= 0.6 is 11.8 Å². The summed E-state index contributed by atoms with van der Waals surface area (Å²) in [6.45, 7) is 0.719. The first-order valence-electron chi connectivity index (χ1n) is 7.45. The number of nitrogens with one attached hydrogen (secondary N) is 1. The van der Waals surface area contributed by atoms with Gasteiger partial charge in [-0.2, -0.15) is 0 Å². The van der Waals surface area contributed by atoms with Gasteiger partial charge in [0.1, 0.15) is 5.82 Å². The lowest BCUT2D eigenvalue weighted by molar-refractivity contribution is -0.120. The second-order valence-corrected chi connectivity index (χ2v) is 6.62. The van der Waals surface area contributed by atoms with Crippen LogP contribution in [0.1, 0.15) is 23.5 Å². The third-order valence-electron chi connectivity index (χ3n) is 3.92. The zero-order chi connectivity index (χ0) is 15.4. The van der Waals surface area contributed by atoms with Crippen LogP contribution in [0, 0.1) is 5.82 Å². The van der Waals surface area contributed by atoms with Gasteiger partial charge in [-0.15, -0.1) is 11.8 Å². The van der Waals surface area contributed by atoms with Crippen molar-refractivity contribution in [2.45, 2.75) is 23.7 Å². The van der Waals surface area contributed by atoms with Crippen molar-refractivity contribution in [3.05, 3.63) is 65.5 Å². The maximum absolute atomic E-state index is 12.8. The molecule has 114 valence electrons. The number of thioether (sulfide) groups is 1. The Morgan fingerprint density at radius 1 is 1.18 bits per heavy atom. The summed E-state index contributed by atoms with van der Waals surface area (Å²) in [5.41, 5.74) is 2.76. The number of fused-ring (bicyclic) bond motifs is 1. The molecule has 1 aliphatic carbocycles. The molecule has 1 unspecified atom stereocenters. The first-order chi connectivity index (χ1) is 10.7. The van der Waals surface area contributed by atoms with Gasteiger partial charge in [-0.05, 0) is 41.8 Å². The summed E-state index contributed by atoms with van der Waals surface area (Å²) < 4.78 is 12.8. The Hall–Kier alpha value is -1.81. The lowest BCUT2D eigenvalue weighted by atomic mass is 9.77. The van der Waals surface area contributed by atoms with Crippen molar-refractivity contribution in [2.75, 3.05) is 12.3 Å². The van der Waals surface area contributed by atoms with E-state index in [4.69, 9.17) is 0 Å². The van der Waals surface area contributed by atoms with Crippen molar-refractivity contribution in [3.63, 3.8) is 0 Å². The largest absolute Gasteiger partial charge is 0.355 e. The Labute approximate surface area is 134 Å². The monoisotopic (exact) mass is 315 g/mol. The molecule has 0 heterocycles. The molecular formula is C18H18FNOS. The third-order valence-corrected chi connectivity index (χ3v) is 4.93. The van der Waals surface area contributed by atoms with Gasteiger partial charge in [0, 0.05) is 29.5 Å². The van der Waals surface area contributed by atoms with Crippen LogP contribution in [0.2, 0.25) is 0 Å². The van der Waals surface area contributed by atoms with Crippen LogP contribution in [0.5, 0.6) is 0 Å². The molecule has 1 aliphatic rings. The van der Waals surface area contributed by atoms with Gasteiger partial charge < -0.3 is 5.32 Å². The van der Waals surface area contributed by atoms with Crippen LogP contribution in [0.15, 0.2) is 53.4 Å². The van der Waals surface area contributed by atoms with Gasteiger partial charge in [-0.1, -0.05) is 24.3 Å². The third kappa shape index (κ3) is 3.69. The minimum atomic E-state index is -0.233. The highest BCUT2D eigenvalue weighted by atomic mass is 32.2. The number of carbonyl (C=O) groups excluding carboxylic acids is 1. The summed E-state index contributed by atoms with van der Waals surface area (Å²) in [5.74, 6) is 1.02. The second kappa shape index (κ2) is 6.97. The summed E-state index contributed by atoms with van der Waals surface area (Å²) >= 11 is 1.57. The van der Waals surface area contributed by atoms with Gasteiger partial charge in [0.2, 0.25) is 5.91 Å². The van der Waals surface area contributed by atoms with E-state index in [1.165, 1.54) is 23.3 Å². The molecule has 0 saturated heterocycles. The van der Waals surface area contributed by atoms with Crippen LogP contribution in [0.25, 0.3) is 0 Å². The standard InChI is InChI=1S/C18H18FNOS/c19-15-5-7-16(8-6-15)22-10-9-18(21)20-12-14-11-13-3-1-2-4-17(13)14/h1-8,14H,9-12H2,(H,20,21). The Kier molecular flexibility index (Phi) is 4.78. The predicted molar refractivity (Wildman–Crippen MR) is 87.6 cm³/mol. The molecule has 0 saturated carbocycles.